The van der Waals surface area contributed by atoms with Crippen LogP contribution in [0.3, 0.4) is 0 Å². The van der Waals surface area contributed by atoms with Gasteiger partial charge in [-0.05, 0) is 42.0 Å². The molecule has 3 N–H and O–H groups in total. The second kappa shape index (κ2) is 6.36. The molecule has 0 aliphatic carbocycles. The van der Waals surface area contributed by atoms with Gasteiger partial charge in [-0.25, -0.2) is 4.98 Å². The van der Waals surface area contributed by atoms with Gasteiger partial charge < -0.3 is 15.2 Å². The summed E-state index contributed by atoms with van der Waals surface area (Å²) in [6, 6.07) is 7.45. The smallest absolute Gasteiger partial charge is 0.259 e. The van der Waals surface area contributed by atoms with Gasteiger partial charge in [0.2, 0.25) is 0 Å². The van der Waals surface area contributed by atoms with E-state index >= 15 is 0 Å². The number of rotatable bonds is 2. The summed E-state index contributed by atoms with van der Waals surface area (Å²) in [5.74, 6) is -0.646. The number of halogens is 3. The number of hydrogen-bond acceptors (Lipinski definition) is 4. The lowest BCUT2D eigenvalue weighted by atomic mass is 10.2. The molecule has 0 spiro atoms. The van der Waals surface area contributed by atoms with Crippen LogP contribution in [0.1, 0.15) is 11.4 Å². The van der Waals surface area contributed by atoms with Crippen molar-refractivity contribution in [1.29, 1.82) is 0 Å². The van der Waals surface area contributed by atoms with Gasteiger partial charge in [0.25, 0.3) is 5.56 Å². The lowest BCUT2D eigenvalue weighted by Gasteiger charge is -2.05. The van der Waals surface area contributed by atoms with Crippen molar-refractivity contribution in [2.24, 2.45) is 0 Å². The number of benzene rings is 2. The summed E-state index contributed by atoms with van der Waals surface area (Å²) in [6.45, 7) is 0. The molecule has 0 aliphatic heterocycles. The molecule has 0 saturated carbocycles. The number of aromatic hydroxyl groups is 2. The second-order valence-electron chi connectivity index (χ2n) is 4.94. The molecule has 24 heavy (non-hydrogen) atoms. The van der Waals surface area contributed by atoms with Crippen LogP contribution in [0.25, 0.3) is 22.0 Å². The van der Waals surface area contributed by atoms with Gasteiger partial charge in [-0.15, -0.1) is 0 Å². The van der Waals surface area contributed by atoms with Crippen LogP contribution in [0.15, 0.2) is 35.1 Å². The summed E-state index contributed by atoms with van der Waals surface area (Å²) in [6.07, 6.45) is 1.45. The molecule has 1 aromatic heterocycles. The van der Waals surface area contributed by atoms with Gasteiger partial charge in [0.05, 0.1) is 21.0 Å². The zero-order valence-electron chi connectivity index (χ0n) is 11.8. The largest absolute Gasteiger partial charge is 0.504 e. The topological polar surface area (TPSA) is 86.2 Å². The van der Waals surface area contributed by atoms with Gasteiger partial charge in [-0.1, -0.05) is 34.8 Å². The summed E-state index contributed by atoms with van der Waals surface area (Å²) in [5, 5.41) is 19.9. The van der Waals surface area contributed by atoms with E-state index in [9.17, 15) is 15.0 Å². The SMILES string of the molecule is O=c1[nH]c(/C(Cl)=C/c2cc(O)c(O)c(Cl)c2)nc2ccc(Cl)cc12. The molecule has 122 valence electrons. The van der Waals surface area contributed by atoms with E-state index < -0.39 is 5.75 Å². The Hall–Kier alpha value is -2.21. The van der Waals surface area contributed by atoms with Crippen molar-refractivity contribution in [2.75, 3.05) is 0 Å². The van der Waals surface area contributed by atoms with Crippen molar-refractivity contribution in [3.63, 3.8) is 0 Å². The molecule has 0 saturated heterocycles. The third-order valence-corrected chi connectivity index (χ3v) is 4.06. The molecule has 0 radical (unpaired) electrons. The molecule has 1 heterocycles. The minimum absolute atomic E-state index is 0.0275. The molecule has 0 bridgehead atoms. The molecule has 0 atom stereocenters. The molecule has 5 nitrogen and oxygen atoms in total. The lowest BCUT2D eigenvalue weighted by molar-refractivity contribution is 0.404. The normalized spacial score (nSPS) is 11.9. The summed E-state index contributed by atoms with van der Waals surface area (Å²) in [7, 11) is 0. The van der Waals surface area contributed by atoms with Crippen LogP contribution in [0.5, 0.6) is 11.5 Å². The number of fused-ring (bicyclic) bond motifs is 1. The number of phenols is 2. The van der Waals surface area contributed by atoms with E-state index in [4.69, 9.17) is 34.8 Å². The average molecular weight is 384 g/mol. The Labute approximate surface area is 150 Å². The van der Waals surface area contributed by atoms with E-state index in [1.54, 1.807) is 12.1 Å². The van der Waals surface area contributed by atoms with Crippen LogP contribution in [0, 0.1) is 0 Å². The summed E-state index contributed by atoms with van der Waals surface area (Å²) >= 11 is 17.9. The maximum absolute atomic E-state index is 12.1. The quantitative estimate of drug-likeness (QED) is 0.573. The molecular weight excluding hydrogens is 375 g/mol. The Bertz CT molecular complexity index is 1020. The highest BCUT2D eigenvalue weighted by Crippen LogP contribution is 2.35. The summed E-state index contributed by atoms with van der Waals surface area (Å²) < 4.78 is 0. The van der Waals surface area contributed by atoms with Gasteiger partial charge in [-0.2, -0.15) is 0 Å². The first-order valence-corrected chi connectivity index (χ1v) is 7.77. The fourth-order valence-corrected chi connectivity index (χ4v) is 2.74. The highest BCUT2D eigenvalue weighted by atomic mass is 35.5. The Balaban J connectivity index is 2.10. The first kappa shape index (κ1) is 16.6. The zero-order valence-corrected chi connectivity index (χ0v) is 14.1. The van der Waals surface area contributed by atoms with Gasteiger partial charge in [-0.3, -0.25) is 4.79 Å². The van der Waals surface area contributed by atoms with Crippen LogP contribution in [-0.2, 0) is 0 Å². The van der Waals surface area contributed by atoms with Crippen molar-refractivity contribution in [3.05, 3.63) is 62.1 Å². The van der Waals surface area contributed by atoms with Crippen molar-refractivity contribution >= 4 is 56.8 Å². The van der Waals surface area contributed by atoms with E-state index in [0.717, 1.165) is 0 Å². The second-order valence-corrected chi connectivity index (χ2v) is 6.19. The molecule has 0 unspecified atom stereocenters. The molecule has 0 aliphatic rings. The monoisotopic (exact) mass is 382 g/mol. The van der Waals surface area contributed by atoms with Crippen molar-refractivity contribution in [1.82, 2.24) is 9.97 Å². The third kappa shape index (κ3) is 3.19. The van der Waals surface area contributed by atoms with Crippen molar-refractivity contribution < 1.29 is 10.2 Å². The molecule has 0 amide bonds. The lowest BCUT2D eigenvalue weighted by Crippen LogP contribution is -2.10. The molecule has 3 aromatic rings. The first-order valence-electron chi connectivity index (χ1n) is 6.64. The number of hydrogen-bond donors (Lipinski definition) is 3. The Morgan fingerprint density at radius 1 is 1.17 bits per heavy atom. The van der Waals surface area contributed by atoms with E-state index in [2.05, 4.69) is 9.97 Å². The Morgan fingerprint density at radius 3 is 2.62 bits per heavy atom. The predicted octanol–water partition coefficient (Wildman–Crippen LogP) is 4.38. The molecule has 8 heteroatoms. The molecular formula is C16H9Cl3N2O3. The highest BCUT2D eigenvalue weighted by Gasteiger charge is 2.10. The van der Waals surface area contributed by atoms with Gasteiger partial charge in [0, 0.05) is 5.02 Å². The van der Waals surface area contributed by atoms with Crippen molar-refractivity contribution in [2.45, 2.75) is 0 Å². The average Bonchev–Trinajstić information content (AvgIpc) is 2.53. The minimum atomic E-state index is -0.418. The number of H-pyrrole nitrogens is 1. The van der Waals surface area contributed by atoms with E-state index in [0.29, 0.717) is 21.5 Å². The van der Waals surface area contributed by atoms with Gasteiger partial charge >= 0.3 is 0 Å². The minimum Gasteiger partial charge on any atom is -0.504 e. The van der Waals surface area contributed by atoms with Crippen LogP contribution in [0.2, 0.25) is 10.0 Å². The fourth-order valence-electron chi connectivity index (χ4n) is 2.13. The van der Waals surface area contributed by atoms with E-state index in [1.165, 1.54) is 24.3 Å². The maximum Gasteiger partial charge on any atom is 0.259 e. The van der Waals surface area contributed by atoms with Crippen LogP contribution in [0.4, 0.5) is 0 Å². The Morgan fingerprint density at radius 2 is 1.92 bits per heavy atom. The first-order chi connectivity index (χ1) is 11.3. The van der Waals surface area contributed by atoms with Crippen LogP contribution >= 0.6 is 34.8 Å². The predicted molar refractivity (Wildman–Crippen MR) is 95.9 cm³/mol. The number of aromatic nitrogens is 2. The van der Waals surface area contributed by atoms with Gasteiger partial charge in [0.15, 0.2) is 17.3 Å². The number of nitrogens with zero attached hydrogens (tertiary/aromatic N) is 1. The molecule has 0 fully saturated rings. The van der Waals surface area contributed by atoms with Crippen LogP contribution < -0.4 is 5.56 Å². The Kier molecular flexibility index (Phi) is 4.41. The standard InChI is InChI=1S/C16H9Cl3N2O3/c17-8-1-2-12-9(6-8)16(24)21-15(20-12)11(19)4-7-3-10(18)14(23)13(22)5-7/h1-6,22-23H,(H,20,21,24)/b11-4-. The third-order valence-electron chi connectivity index (χ3n) is 3.25. The number of aromatic amines is 1. The van der Waals surface area contributed by atoms with E-state index in [1.807, 2.05) is 0 Å². The molecule has 2 aromatic carbocycles. The number of nitrogens with one attached hydrogen (secondary N) is 1. The summed E-state index contributed by atoms with van der Waals surface area (Å²) in [4.78, 5) is 19.0. The number of phenolic OH excluding ortho intramolecular Hbond substituents is 2. The maximum atomic E-state index is 12.1. The molecule has 3 rings (SSSR count). The highest BCUT2D eigenvalue weighted by molar-refractivity contribution is 6.50. The van der Waals surface area contributed by atoms with Crippen molar-refractivity contribution in [3.8, 4) is 11.5 Å². The fraction of sp³-hybridized carbons (Fsp3) is 0. The van der Waals surface area contributed by atoms with E-state index in [-0.39, 0.29) is 27.2 Å². The zero-order chi connectivity index (χ0) is 17.4. The summed E-state index contributed by atoms with van der Waals surface area (Å²) in [5.41, 5.74) is 0.492. The van der Waals surface area contributed by atoms with Crippen LogP contribution in [-0.4, -0.2) is 20.2 Å². The van der Waals surface area contributed by atoms with Gasteiger partial charge in [0.1, 0.15) is 0 Å².